The van der Waals surface area contributed by atoms with Crippen LogP contribution in [0.25, 0.3) is 0 Å². The van der Waals surface area contributed by atoms with Crippen molar-refractivity contribution in [1.29, 1.82) is 0 Å². The van der Waals surface area contributed by atoms with E-state index in [2.05, 4.69) is 6.92 Å². The molecule has 0 N–H and O–H groups in total. The Morgan fingerprint density at radius 1 is 1.09 bits per heavy atom. The van der Waals surface area contributed by atoms with Gasteiger partial charge in [-0.05, 0) is 31.5 Å². The Balaban J connectivity index is 2.46. The van der Waals surface area contributed by atoms with Gasteiger partial charge in [0.05, 0.1) is 24.3 Å². The van der Waals surface area contributed by atoms with Crippen LogP contribution in [-0.2, 0) is 9.53 Å². The first-order chi connectivity index (χ1) is 10.7. The zero-order valence-corrected chi connectivity index (χ0v) is 13.5. The second kappa shape index (κ2) is 10.8. The summed E-state index contributed by atoms with van der Waals surface area (Å²) >= 11 is 0. The van der Waals surface area contributed by atoms with E-state index in [1.807, 2.05) is 6.29 Å². The largest absolute Gasteiger partial charge is 0.493 e. The molecule has 0 bridgehead atoms. The van der Waals surface area contributed by atoms with Crippen LogP contribution in [-0.4, -0.2) is 25.5 Å². The average Bonchev–Trinajstić information content (AvgIpc) is 2.54. The summed E-state index contributed by atoms with van der Waals surface area (Å²) in [5.74, 6) is 0.0260. The molecule has 0 spiro atoms. The van der Waals surface area contributed by atoms with Gasteiger partial charge in [0.2, 0.25) is 6.29 Å². The van der Waals surface area contributed by atoms with Crippen molar-refractivity contribution < 1.29 is 19.1 Å². The normalized spacial score (nSPS) is 10.3. The summed E-state index contributed by atoms with van der Waals surface area (Å²) in [6.07, 6.45) is 8.90. The molecule has 0 saturated heterocycles. The molecule has 0 saturated carbocycles. The number of carbonyl (C=O) groups is 1. The molecule has 1 radical (unpaired) electrons. The number of rotatable bonds is 11. The summed E-state index contributed by atoms with van der Waals surface area (Å²) in [6.45, 7) is 4.80. The van der Waals surface area contributed by atoms with Gasteiger partial charge in [0.15, 0.2) is 0 Å². The summed E-state index contributed by atoms with van der Waals surface area (Å²) in [7, 11) is 0. The van der Waals surface area contributed by atoms with Crippen LogP contribution < -0.4 is 4.74 Å². The Morgan fingerprint density at radius 2 is 1.82 bits per heavy atom. The highest BCUT2D eigenvalue weighted by atomic mass is 16.5. The van der Waals surface area contributed by atoms with Crippen LogP contribution in [0.15, 0.2) is 18.2 Å². The predicted molar refractivity (Wildman–Crippen MR) is 86.1 cm³/mol. The van der Waals surface area contributed by atoms with Gasteiger partial charge in [-0.3, -0.25) is 4.79 Å². The Hall–Kier alpha value is -1.84. The maximum Gasteiger partial charge on any atom is 0.338 e. The van der Waals surface area contributed by atoms with Crippen LogP contribution in [0.5, 0.6) is 5.75 Å². The molecule has 0 unspecified atom stereocenters. The summed E-state index contributed by atoms with van der Waals surface area (Å²) in [6, 6.07) is 4.69. The Morgan fingerprint density at radius 3 is 2.50 bits per heavy atom. The number of esters is 1. The first kappa shape index (κ1) is 18.2. The zero-order chi connectivity index (χ0) is 16.2. The van der Waals surface area contributed by atoms with E-state index in [9.17, 15) is 9.59 Å². The first-order valence-electron chi connectivity index (χ1n) is 8.05. The van der Waals surface area contributed by atoms with Crippen LogP contribution in [0.4, 0.5) is 0 Å². The fourth-order valence-corrected chi connectivity index (χ4v) is 2.14. The second-order valence-electron chi connectivity index (χ2n) is 5.15. The van der Waals surface area contributed by atoms with Crippen molar-refractivity contribution in [3.63, 3.8) is 0 Å². The molecular weight excluding hydrogens is 280 g/mol. The molecule has 0 atom stereocenters. The number of ether oxygens (including phenoxy) is 2. The van der Waals surface area contributed by atoms with E-state index in [4.69, 9.17) is 9.47 Å². The van der Waals surface area contributed by atoms with Crippen LogP contribution in [0.1, 0.15) is 68.3 Å². The van der Waals surface area contributed by atoms with Gasteiger partial charge in [-0.25, -0.2) is 4.79 Å². The van der Waals surface area contributed by atoms with Gasteiger partial charge in [0, 0.05) is 0 Å². The molecule has 0 aliphatic rings. The molecule has 0 heterocycles. The topological polar surface area (TPSA) is 52.6 Å². The molecular formula is C18H25O4. The summed E-state index contributed by atoms with van der Waals surface area (Å²) < 4.78 is 10.5. The maximum atomic E-state index is 11.6. The van der Waals surface area contributed by atoms with E-state index >= 15 is 0 Å². The van der Waals surface area contributed by atoms with E-state index in [0.29, 0.717) is 24.5 Å². The van der Waals surface area contributed by atoms with Crippen molar-refractivity contribution in [2.75, 3.05) is 13.2 Å². The second-order valence-corrected chi connectivity index (χ2v) is 5.15. The minimum atomic E-state index is -0.443. The fourth-order valence-electron chi connectivity index (χ4n) is 2.14. The predicted octanol–water partition coefficient (Wildman–Crippen LogP) is 4.06. The standard InChI is InChI=1S/C18H25O4/c1-3-5-6-7-8-9-12-22-17-11-10-15(13-16(17)14-19)18(20)21-4-2/h10-11,13H,3-9,12H2,1-2H3. The van der Waals surface area contributed by atoms with Gasteiger partial charge in [-0.15, -0.1) is 0 Å². The summed E-state index contributed by atoms with van der Waals surface area (Å²) in [4.78, 5) is 22.6. The molecule has 1 rings (SSSR count). The minimum Gasteiger partial charge on any atom is -0.493 e. The highest BCUT2D eigenvalue weighted by molar-refractivity contribution is 5.92. The van der Waals surface area contributed by atoms with E-state index in [0.717, 1.165) is 12.8 Å². The van der Waals surface area contributed by atoms with E-state index in [1.165, 1.54) is 31.7 Å². The van der Waals surface area contributed by atoms with E-state index in [1.54, 1.807) is 19.1 Å². The third-order valence-electron chi connectivity index (χ3n) is 3.36. The fraction of sp³-hybridized carbons (Fsp3) is 0.556. The van der Waals surface area contributed by atoms with E-state index in [-0.39, 0.29) is 5.56 Å². The smallest absolute Gasteiger partial charge is 0.338 e. The molecule has 0 amide bonds. The van der Waals surface area contributed by atoms with E-state index < -0.39 is 5.97 Å². The third kappa shape index (κ3) is 6.29. The lowest BCUT2D eigenvalue weighted by Crippen LogP contribution is -2.06. The Kier molecular flexibility index (Phi) is 8.96. The number of carbonyl (C=O) groups excluding carboxylic acids is 2. The highest BCUT2D eigenvalue weighted by Gasteiger charge is 2.11. The Labute approximate surface area is 132 Å². The van der Waals surface area contributed by atoms with Crippen molar-refractivity contribution in [2.24, 2.45) is 0 Å². The number of unbranched alkanes of at least 4 members (excludes halogenated alkanes) is 5. The molecule has 0 aromatic heterocycles. The van der Waals surface area contributed by atoms with Gasteiger partial charge < -0.3 is 9.47 Å². The van der Waals surface area contributed by atoms with Crippen LogP contribution in [0.2, 0.25) is 0 Å². The SMILES string of the molecule is CCCCCCCCOc1ccc(C(=O)OCC)cc1[C]=O. The quantitative estimate of drug-likeness (QED) is 0.457. The lowest BCUT2D eigenvalue weighted by atomic mass is 10.1. The van der Waals surface area contributed by atoms with Gasteiger partial charge in [-0.2, -0.15) is 0 Å². The van der Waals surface area contributed by atoms with Crippen molar-refractivity contribution in [3.8, 4) is 5.75 Å². The molecule has 1 aromatic rings. The lowest BCUT2D eigenvalue weighted by Gasteiger charge is -2.09. The van der Waals surface area contributed by atoms with Crippen molar-refractivity contribution in [3.05, 3.63) is 29.3 Å². The highest BCUT2D eigenvalue weighted by Crippen LogP contribution is 2.19. The maximum absolute atomic E-state index is 11.6. The molecule has 121 valence electrons. The molecule has 0 aliphatic heterocycles. The summed E-state index contributed by atoms with van der Waals surface area (Å²) in [5.41, 5.74) is 0.601. The monoisotopic (exact) mass is 305 g/mol. The van der Waals surface area contributed by atoms with Gasteiger partial charge in [-0.1, -0.05) is 39.0 Å². The van der Waals surface area contributed by atoms with Crippen LogP contribution in [0, 0.1) is 0 Å². The average molecular weight is 305 g/mol. The Bertz CT molecular complexity index is 468. The lowest BCUT2D eigenvalue weighted by molar-refractivity contribution is 0.0526. The number of hydrogen-bond donors (Lipinski definition) is 0. The van der Waals surface area contributed by atoms with Gasteiger partial charge in [0.1, 0.15) is 5.75 Å². The van der Waals surface area contributed by atoms with Crippen LogP contribution >= 0.6 is 0 Å². The van der Waals surface area contributed by atoms with Gasteiger partial charge in [0.25, 0.3) is 0 Å². The minimum absolute atomic E-state index is 0.261. The molecule has 0 aliphatic carbocycles. The molecule has 0 fully saturated rings. The van der Waals surface area contributed by atoms with Crippen molar-refractivity contribution in [2.45, 2.75) is 52.4 Å². The van der Waals surface area contributed by atoms with Gasteiger partial charge >= 0.3 is 5.97 Å². The van der Waals surface area contributed by atoms with Crippen molar-refractivity contribution >= 4 is 12.3 Å². The number of hydrogen-bond acceptors (Lipinski definition) is 4. The third-order valence-corrected chi connectivity index (χ3v) is 3.36. The van der Waals surface area contributed by atoms with Crippen molar-refractivity contribution in [1.82, 2.24) is 0 Å². The zero-order valence-electron chi connectivity index (χ0n) is 13.5. The molecule has 4 nitrogen and oxygen atoms in total. The van der Waals surface area contributed by atoms with Crippen LogP contribution in [0.3, 0.4) is 0 Å². The molecule has 1 aromatic carbocycles. The summed E-state index contributed by atoms with van der Waals surface area (Å²) in [5, 5.41) is 0. The number of benzene rings is 1. The molecule has 22 heavy (non-hydrogen) atoms. The molecule has 4 heteroatoms. The first-order valence-corrected chi connectivity index (χ1v) is 8.05.